The number of benzene rings is 4. The first kappa shape index (κ1) is 33.6. The standard InChI is InChI=1S/C42H38O3S3Si/c1-4-43-49(44-5-2,45-6-3)36-22-20-33(21-23-36)32-14-18-35(19-15-32)38-25-27-40(47-38)42-29-28-41(48-42)39-26-24-37(46-39)34-16-12-31(13-17-34)30-10-8-7-9-11-30/h7-29H,4-6H2,1-3H3. The molecule has 0 unspecified atom stereocenters. The maximum Gasteiger partial charge on any atom is 0.537 e. The van der Waals surface area contributed by atoms with Crippen LogP contribution >= 0.6 is 34.0 Å². The summed E-state index contributed by atoms with van der Waals surface area (Å²) in [6.07, 6.45) is 0. The highest BCUT2D eigenvalue weighted by Crippen LogP contribution is 2.43. The Hall–Kier alpha value is -3.92. The van der Waals surface area contributed by atoms with E-state index in [4.69, 9.17) is 13.3 Å². The number of thiophene rings is 3. The second-order valence-electron chi connectivity index (χ2n) is 11.4. The molecule has 0 saturated carbocycles. The summed E-state index contributed by atoms with van der Waals surface area (Å²) in [7, 11) is -2.91. The molecule has 0 N–H and O–H groups in total. The molecule has 0 saturated heterocycles. The fraction of sp³-hybridized carbons (Fsp3) is 0.143. The molecule has 7 heteroatoms. The Balaban J connectivity index is 1.03. The molecular weight excluding hydrogens is 677 g/mol. The third kappa shape index (κ3) is 7.34. The van der Waals surface area contributed by atoms with Crippen LogP contribution in [0.25, 0.3) is 62.6 Å². The summed E-state index contributed by atoms with van der Waals surface area (Å²) in [5, 5.41) is 0.995. The van der Waals surface area contributed by atoms with E-state index < -0.39 is 8.80 Å². The smallest absolute Gasteiger partial charge is 0.370 e. The zero-order valence-corrected chi connectivity index (χ0v) is 31.3. The van der Waals surface area contributed by atoms with Crippen LogP contribution in [0, 0.1) is 0 Å². The van der Waals surface area contributed by atoms with E-state index >= 15 is 0 Å². The highest BCUT2D eigenvalue weighted by atomic mass is 32.1. The van der Waals surface area contributed by atoms with Gasteiger partial charge < -0.3 is 13.3 Å². The first-order valence-corrected chi connectivity index (χ1v) is 20.9. The first-order chi connectivity index (χ1) is 24.1. The van der Waals surface area contributed by atoms with Gasteiger partial charge in [0, 0.05) is 54.3 Å². The van der Waals surface area contributed by atoms with Crippen molar-refractivity contribution in [3.8, 4) is 62.6 Å². The van der Waals surface area contributed by atoms with Crippen molar-refractivity contribution in [1.29, 1.82) is 0 Å². The molecule has 7 rings (SSSR count). The van der Waals surface area contributed by atoms with E-state index in [1.807, 2.05) is 54.8 Å². The Kier molecular flexibility index (Phi) is 10.5. The van der Waals surface area contributed by atoms with E-state index in [1.54, 1.807) is 0 Å². The Morgan fingerprint density at radius 1 is 0.347 bits per heavy atom. The van der Waals surface area contributed by atoms with Crippen molar-refractivity contribution in [2.75, 3.05) is 19.8 Å². The second kappa shape index (κ2) is 15.3. The van der Waals surface area contributed by atoms with Gasteiger partial charge in [-0.2, -0.15) is 0 Å². The average Bonchev–Trinajstić information content (AvgIpc) is 3.94. The third-order valence-electron chi connectivity index (χ3n) is 8.32. The normalized spacial score (nSPS) is 11.7. The molecule has 0 aliphatic rings. The summed E-state index contributed by atoms with van der Waals surface area (Å²) in [5.41, 5.74) is 7.30. The molecule has 3 nitrogen and oxygen atoms in total. The van der Waals surface area contributed by atoms with Crippen molar-refractivity contribution in [1.82, 2.24) is 0 Å². The molecule has 0 aliphatic carbocycles. The predicted molar refractivity (Wildman–Crippen MR) is 213 cm³/mol. The van der Waals surface area contributed by atoms with Crippen LogP contribution in [-0.4, -0.2) is 28.6 Å². The summed E-state index contributed by atoms with van der Waals surface area (Å²) in [6, 6.07) is 50.3. The number of rotatable bonds is 13. The van der Waals surface area contributed by atoms with Gasteiger partial charge in [-0.1, -0.05) is 103 Å². The van der Waals surface area contributed by atoms with Gasteiger partial charge in [0.25, 0.3) is 0 Å². The van der Waals surface area contributed by atoms with Gasteiger partial charge in [-0.05, 0) is 90.6 Å². The zero-order valence-electron chi connectivity index (χ0n) is 27.8. The van der Waals surface area contributed by atoms with Gasteiger partial charge in [-0.3, -0.25) is 0 Å². The van der Waals surface area contributed by atoms with Gasteiger partial charge in [0.05, 0.1) is 0 Å². The molecule has 0 radical (unpaired) electrons. The SMILES string of the molecule is CCO[Si](OCC)(OCC)c1ccc(-c2ccc(-c3ccc(-c4ccc(-c5ccc(-c6ccc(-c7ccccc7)cc6)s5)s4)s3)cc2)cc1. The molecule has 0 spiro atoms. The lowest BCUT2D eigenvalue weighted by Gasteiger charge is -2.28. The molecule has 246 valence electrons. The van der Waals surface area contributed by atoms with Gasteiger partial charge in [-0.15, -0.1) is 34.0 Å². The highest BCUT2D eigenvalue weighted by molar-refractivity contribution is 7.27. The van der Waals surface area contributed by atoms with Crippen molar-refractivity contribution >= 4 is 48.0 Å². The van der Waals surface area contributed by atoms with Crippen LogP contribution in [0.2, 0.25) is 0 Å². The summed E-state index contributed by atoms with van der Waals surface area (Å²) < 4.78 is 18.3. The van der Waals surface area contributed by atoms with Gasteiger partial charge >= 0.3 is 8.80 Å². The Labute approximate surface area is 302 Å². The van der Waals surface area contributed by atoms with E-state index in [0.29, 0.717) is 19.8 Å². The zero-order chi connectivity index (χ0) is 33.6. The highest BCUT2D eigenvalue weighted by Gasteiger charge is 2.43. The van der Waals surface area contributed by atoms with Gasteiger partial charge in [-0.25, -0.2) is 0 Å². The van der Waals surface area contributed by atoms with Crippen molar-refractivity contribution in [2.24, 2.45) is 0 Å². The van der Waals surface area contributed by atoms with Gasteiger partial charge in [0.2, 0.25) is 0 Å². The van der Waals surface area contributed by atoms with Crippen LogP contribution in [0.5, 0.6) is 0 Å². The van der Waals surface area contributed by atoms with Crippen LogP contribution in [0.1, 0.15) is 20.8 Å². The predicted octanol–water partition coefficient (Wildman–Crippen LogP) is 12.1. The largest absolute Gasteiger partial charge is 0.537 e. The van der Waals surface area contributed by atoms with E-state index in [-0.39, 0.29) is 0 Å². The number of hydrogen-bond donors (Lipinski definition) is 0. The van der Waals surface area contributed by atoms with Gasteiger partial charge in [0.1, 0.15) is 0 Å². The lowest BCUT2D eigenvalue weighted by atomic mass is 10.0. The maximum absolute atomic E-state index is 6.09. The van der Waals surface area contributed by atoms with Crippen LogP contribution in [0.3, 0.4) is 0 Å². The summed E-state index contributed by atoms with van der Waals surface area (Å²) in [6.45, 7) is 7.60. The molecule has 3 aromatic heterocycles. The van der Waals surface area contributed by atoms with Crippen LogP contribution in [0.15, 0.2) is 140 Å². The van der Waals surface area contributed by atoms with E-state index in [9.17, 15) is 0 Å². The topological polar surface area (TPSA) is 27.7 Å². The molecule has 49 heavy (non-hydrogen) atoms. The minimum Gasteiger partial charge on any atom is -0.370 e. The van der Waals surface area contributed by atoms with Crippen molar-refractivity contribution in [3.63, 3.8) is 0 Å². The lowest BCUT2D eigenvalue weighted by molar-refractivity contribution is 0.0859. The minimum atomic E-state index is -2.91. The maximum atomic E-state index is 6.09. The molecule has 0 atom stereocenters. The molecule has 0 amide bonds. The second-order valence-corrected chi connectivity index (χ2v) is 17.3. The Bertz CT molecular complexity index is 2080. The monoisotopic (exact) mass is 714 g/mol. The van der Waals surface area contributed by atoms with Crippen molar-refractivity contribution in [3.05, 3.63) is 140 Å². The van der Waals surface area contributed by atoms with E-state index in [1.165, 1.54) is 57.1 Å². The summed E-state index contributed by atoms with van der Waals surface area (Å²) in [4.78, 5) is 7.77. The third-order valence-corrected chi connectivity index (χ3v) is 15.1. The van der Waals surface area contributed by atoms with E-state index in [0.717, 1.165) is 10.8 Å². The molecular formula is C42H38O3S3Si. The minimum absolute atomic E-state index is 0.550. The summed E-state index contributed by atoms with van der Waals surface area (Å²) in [5.74, 6) is 0. The average molecular weight is 715 g/mol. The van der Waals surface area contributed by atoms with Crippen LogP contribution < -0.4 is 5.19 Å². The fourth-order valence-electron chi connectivity index (χ4n) is 5.95. The number of hydrogen-bond acceptors (Lipinski definition) is 6. The van der Waals surface area contributed by atoms with Crippen LogP contribution in [0.4, 0.5) is 0 Å². The van der Waals surface area contributed by atoms with Crippen molar-refractivity contribution in [2.45, 2.75) is 20.8 Å². The lowest BCUT2D eigenvalue weighted by Crippen LogP contribution is -2.56. The molecule has 0 bridgehead atoms. The van der Waals surface area contributed by atoms with Gasteiger partial charge in [0.15, 0.2) is 0 Å². The summed E-state index contributed by atoms with van der Waals surface area (Å²) >= 11 is 5.57. The molecule has 0 aliphatic heterocycles. The Morgan fingerprint density at radius 2 is 0.653 bits per heavy atom. The fourth-order valence-corrected chi connectivity index (χ4v) is 11.6. The van der Waals surface area contributed by atoms with Crippen molar-refractivity contribution < 1.29 is 13.3 Å². The first-order valence-electron chi connectivity index (χ1n) is 16.7. The molecule has 7 aromatic rings. The quantitative estimate of drug-likeness (QED) is 0.111. The Morgan fingerprint density at radius 3 is 1.04 bits per heavy atom. The molecule has 0 fully saturated rings. The van der Waals surface area contributed by atoms with E-state index in [2.05, 4.69) is 140 Å². The van der Waals surface area contributed by atoms with Crippen LogP contribution in [-0.2, 0) is 13.3 Å². The molecule has 4 aromatic carbocycles. The molecule has 3 heterocycles.